The molecule has 1 fully saturated rings. The van der Waals surface area contributed by atoms with Crippen molar-refractivity contribution in [1.29, 1.82) is 0 Å². The topological polar surface area (TPSA) is 60.7 Å². The van der Waals surface area contributed by atoms with E-state index in [1.54, 1.807) is 0 Å². The first kappa shape index (κ1) is 12.3. The van der Waals surface area contributed by atoms with Gasteiger partial charge in [-0.15, -0.1) is 0 Å². The lowest BCUT2D eigenvalue weighted by molar-refractivity contribution is -0.0752. The number of rotatable bonds is 2. The van der Waals surface area contributed by atoms with E-state index in [4.69, 9.17) is 0 Å². The molecule has 1 aliphatic rings. The molecule has 0 amide bonds. The zero-order chi connectivity index (χ0) is 13.5. The minimum absolute atomic E-state index is 0.0258. The Balaban J connectivity index is 1.99. The Hall–Kier alpha value is -1.69. The smallest absolute Gasteiger partial charge is 0.317 e. The monoisotopic (exact) mass is 267 g/mol. The molecule has 6 heteroatoms. The average molecular weight is 267 g/mol. The summed E-state index contributed by atoms with van der Waals surface area (Å²) in [6, 6.07) is 4.29. The third-order valence-corrected chi connectivity index (χ3v) is 3.75. The second kappa shape index (κ2) is 4.45. The predicted octanol–water partition coefficient (Wildman–Crippen LogP) is 1.95. The number of halogens is 2. The molecule has 0 spiro atoms. The lowest BCUT2D eigenvalue weighted by Gasteiger charge is -2.30. The van der Waals surface area contributed by atoms with E-state index in [1.807, 2.05) is 0 Å². The molecule has 102 valence electrons. The highest BCUT2D eigenvalue weighted by Crippen LogP contribution is 2.40. The number of aromatic amines is 2. The standard InChI is InChI=1S/C13H15F2N3O/c14-13(15,8-3-5-16-6-4-8)9-1-2-10-11(7-9)18-12(19)17-10/h1-2,7-8,16H,3-6H2,(H2,17,18,19). The summed E-state index contributed by atoms with van der Waals surface area (Å²) in [5, 5.41) is 3.09. The minimum Gasteiger partial charge on any atom is -0.317 e. The number of alkyl halides is 2. The molecular formula is C13H15F2N3O. The Morgan fingerprint density at radius 3 is 2.53 bits per heavy atom. The van der Waals surface area contributed by atoms with Gasteiger partial charge < -0.3 is 15.3 Å². The Morgan fingerprint density at radius 1 is 1.11 bits per heavy atom. The van der Waals surface area contributed by atoms with Gasteiger partial charge in [-0.05, 0) is 38.1 Å². The van der Waals surface area contributed by atoms with Crippen LogP contribution >= 0.6 is 0 Å². The van der Waals surface area contributed by atoms with Crippen molar-refractivity contribution in [2.45, 2.75) is 18.8 Å². The molecule has 1 aliphatic heterocycles. The Labute approximate surface area is 108 Å². The van der Waals surface area contributed by atoms with E-state index in [0.29, 0.717) is 37.0 Å². The number of nitrogens with one attached hydrogen (secondary N) is 3. The highest BCUT2D eigenvalue weighted by Gasteiger charge is 2.41. The maximum absolute atomic E-state index is 14.4. The first-order chi connectivity index (χ1) is 9.07. The number of piperidine rings is 1. The summed E-state index contributed by atoms with van der Waals surface area (Å²) < 4.78 is 28.9. The third-order valence-electron chi connectivity index (χ3n) is 3.75. The number of imidazole rings is 1. The van der Waals surface area contributed by atoms with Crippen molar-refractivity contribution in [3.63, 3.8) is 0 Å². The van der Waals surface area contributed by atoms with Gasteiger partial charge in [0.05, 0.1) is 11.0 Å². The summed E-state index contributed by atoms with van der Waals surface area (Å²) in [6.45, 7) is 1.26. The summed E-state index contributed by atoms with van der Waals surface area (Å²) in [6.07, 6.45) is 0.934. The molecule has 0 saturated carbocycles. The average Bonchev–Trinajstić information content (AvgIpc) is 2.78. The normalized spacial score (nSPS) is 18.0. The van der Waals surface area contributed by atoms with Crippen molar-refractivity contribution in [2.75, 3.05) is 13.1 Å². The summed E-state index contributed by atoms with van der Waals surface area (Å²) in [5.74, 6) is -3.50. The Bertz CT molecular complexity index is 641. The van der Waals surface area contributed by atoms with E-state index < -0.39 is 11.8 Å². The van der Waals surface area contributed by atoms with Crippen molar-refractivity contribution >= 4 is 11.0 Å². The molecule has 2 aromatic rings. The number of aromatic nitrogens is 2. The molecule has 0 atom stereocenters. The van der Waals surface area contributed by atoms with Crippen molar-refractivity contribution in [3.05, 3.63) is 34.2 Å². The molecule has 1 aromatic carbocycles. The molecular weight excluding hydrogens is 252 g/mol. The van der Waals surface area contributed by atoms with Crippen molar-refractivity contribution in [1.82, 2.24) is 15.3 Å². The third kappa shape index (κ3) is 2.16. The number of hydrogen-bond donors (Lipinski definition) is 3. The molecule has 3 N–H and O–H groups in total. The largest absolute Gasteiger partial charge is 0.323 e. The van der Waals surface area contributed by atoms with Crippen LogP contribution in [0.25, 0.3) is 11.0 Å². The van der Waals surface area contributed by atoms with Gasteiger partial charge >= 0.3 is 5.69 Å². The number of fused-ring (bicyclic) bond motifs is 1. The second-order valence-corrected chi connectivity index (χ2v) is 4.99. The highest BCUT2D eigenvalue weighted by atomic mass is 19.3. The lowest BCUT2D eigenvalue weighted by Crippen LogP contribution is -2.36. The van der Waals surface area contributed by atoms with E-state index in [1.165, 1.54) is 18.2 Å². The highest BCUT2D eigenvalue weighted by molar-refractivity contribution is 5.75. The van der Waals surface area contributed by atoms with Gasteiger partial charge in [0.25, 0.3) is 5.92 Å². The first-order valence-electron chi connectivity index (χ1n) is 6.38. The molecule has 1 saturated heterocycles. The summed E-state index contributed by atoms with van der Waals surface area (Å²) >= 11 is 0. The van der Waals surface area contributed by atoms with E-state index in [-0.39, 0.29) is 11.3 Å². The molecule has 2 heterocycles. The van der Waals surface area contributed by atoms with Crippen LogP contribution in [0.5, 0.6) is 0 Å². The molecule has 3 rings (SSSR count). The van der Waals surface area contributed by atoms with Crippen molar-refractivity contribution in [2.24, 2.45) is 5.92 Å². The van der Waals surface area contributed by atoms with Crippen LogP contribution in [0.4, 0.5) is 8.78 Å². The number of H-pyrrole nitrogens is 2. The van der Waals surface area contributed by atoms with Crippen LogP contribution in [0.1, 0.15) is 18.4 Å². The zero-order valence-corrected chi connectivity index (χ0v) is 10.3. The fraction of sp³-hybridized carbons (Fsp3) is 0.462. The van der Waals surface area contributed by atoms with Gasteiger partial charge in [-0.2, -0.15) is 0 Å². The number of hydrogen-bond acceptors (Lipinski definition) is 2. The molecule has 0 aliphatic carbocycles. The van der Waals surface area contributed by atoms with Gasteiger partial charge in [0.2, 0.25) is 0 Å². The summed E-state index contributed by atoms with van der Waals surface area (Å²) in [4.78, 5) is 16.2. The first-order valence-corrected chi connectivity index (χ1v) is 6.38. The molecule has 0 unspecified atom stereocenters. The summed E-state index contributed by atoms with van der Waals surface area (Å²) in [7, 11) is 0. The van der Waals surface area contributed by atoms with Crippen LogP contribution in [-0.2, 0) is 5.92 Å². The second-order valence-electron chi connectivity index (χ2n) is 4.99. The predicted molar refractivity (Wildman–Crippen MR) is 68.4 cm³/mol. The van der Waals surface area contributed by atoms with Gasteiger partial charge in [-0.25, -0.2) is 13.6 Å². The quantitative estimate of drug-likeness (QED) is 0.778. The van der Waals surface area contributed by atoms with Crippen molar-refractivity contribution < 1.29 is 8.78 Å². The Kier molecular flexibility index (Phi) is 2.89. The minimum atomic E-state index is -2.86. The van der Waals surface area contributed by atoms with Crippen LogP contribution in [0.3, 0.4) is 0 Å². The molecule has 19 heavy (non-hydrogen) atoms. The van der Waals surface area contributed by atoms with Crippen LogP contribution in [-0.4, -0.2) is 23.1 Å². The Morgan fingerprint density at radius 2 is 1.79 bits per heavy atom. The maximum Gasteiger partial charge on any atom is 0.323 e. The van der Waals surface area contributed by atoms with Gasteiger partial charge in [-0.1, -0.05) is 6.07 Å². The molecule has 1 aromatic heterocycles. The zero-order valence-electron chi connectivity index (χ0n) is 10.3. The molecule has 0 bridgehead atoms. The van der Waals surface area contributed by atoms with Crippen LogP contribution in [0, 0.1) is 5.92 Å². The van der Waals surface area contributed by atoms with Gasteiger partial charge in [-0.3, -0.25) is 0 Å². The van der Waals surface area contributed by atoms with Gasteiger partial charge in [0.15, 0.2) is 0 Å². The van der Waals surface area contributed by atoms with Gasteiger partial charge in [0.1, 0.15) is 0 Å². The molecule has 4 nitrogen and oxygen atoms in total. The van der Waals surface area contributed by atoms with E-state index >= 15 is 0 Å². The van der Waals surface area contributed by atoms with Gasteiger partial charge in [0, 0.05) is 11.5 Å². The van der Waals surface area contributed by atoms with Crippen LogP contribution in [0.2, 0.25) is 0 Å². The maximum atomic E-state index is 14.4. The fourth-order valence-corrected chi connectivity index (χ4v) is 2.66. The van der Waals surface area contributed by atoms with E-state index in [2.05, 4.69) is 15.3 Å². The van der Waals surface area contributed by atoms with Crippen LogP contribution < -0.4 is 11.0 Å². The van der Waals surface area contributed by atoms with E-state index in [9.17, 15) is 13.6 Å². The van der Waals surface area contributed by atoms with Crippen LogP contribution in [0.15, 0.2) is 23.0 Å². The lowest BCUT2D eigenvalue weighted by atomic mass is 9.87. The van der Waals surface area contributed by atoms with Crippen molar-refractivity contribution in [3.8, 4) is 0 Å². The SMILES string of the molecule is O=c1[nH]c2ccc(C(F)(F)C3CCNCC3)cc2[nH]1. The fourth-order valence-electron chi connectivity index (χ4n) is 2.66. The van der Waals surface area contributed by atoms with E-state index in [0.717, 1.165) is 0 Å². The summed E-state index contributed by atoms with van der Waals surface area (Å²) in [5.41, 5.74) is 0.574. The number of benzene rings is 1. The molecule has 0 radical (unpaired) electrons.